The summed E-state index contributed by atoms with van der Waals surface area (Å²) in [6, 6.07) is 11.3. The molecule has 0 aliphatic heterocycles. The third kappa shape index (κ3) is 6.02. The molecule has 178 valence electrons. The van der Waals surface area contributed by atoms with Crippen LogP contribution in [0.1, 0.15) is 25.3 Å². The second-order valence-corrected chi connectivity index (χ2v) is 9.94. The fourth-order valence-corrected chi connectivity index (χ4v) is 4.55. The molecule has 10 heteroatoms. The summed E-state index contributed by atoms with van der Waals surface area (Å²) in [6.45, 7) is 1.40. The first-order valence-electron chi connectivity index (χ1n) is 10.5. The Bertz CT molecular complexity index is 1110. The van der Waals surface area contributed by atoms with Gasteiger partial charge in [-0.3, -0.25) is 9.59 Å². The van der Waals surface area contributed by atoms with E-state index in [1.54, 1.807) is 31.3 Å². The minimum absolute atomic E-state index is 0.0432. The number of ether oxygens (including phenoxy) is 2. The van der Waals surface area contributed by atoms with Crippen molar-refractivity contribution in [2.24, 2.45) is 0 Å². The Morgan fingerprint density at radius 2 is 1.73 bits per heavy atom. The van der Waals surface area contributed by atoms with E-state index in [2.05, 4.69) is 5.32 Å². The highest BCUT2D eigenvalue weighted by Gasteiger charge is 2.35. The highest BCUT2D eigenvalue weighted by atomic mass is 32.2. The summed E-state index contributed by atoms with van der Waals surface area (Å²) in [4.78, 5) is 26.0. The Hall–Kier alpha value is -3.11. The second-order valence-electron chi connectivity index (χ2n) is 7.90. The first-order chi connectivity index (χ1) is 15.6. The molecule has 2 aromatic rings. The molecule has 2 amide bonds. The molecule has 1 saturated carbocycles. The number of carbonyl (C=O) groups excluding carboxylic acids is 2. The highest BCUT2D eigenvalue weighted by Crippen LogP contribution is 2.32. The van der Waals surface area contributed by atoms with Gasteiger partial charge >= 0.3 is 0 Å². The smallest absolute Gasteiger partial charge is 0.243 e. The number of nitrogens with zero attached hydrogens (tertiary/aromatic N) is 2. The van der Waals surface area contributed by atoms with E-state index in [1.165, 1.54) is 38.2 Å². The van der Waals surface area contributed by atoms with Crippen molar-refractivity contribution >= 4 is 27.5 Å². The third-order valence-corrected chi connectivity index (χ3v) is 7.20. The van der Waals surface area contributed by atoms with Gasteiger partial charge in [-0.15, -0.1) is 0 Å². The van der Waals surface area contributed by atoms with Gasteiger partial charge in [0.25, 0.3) is 0 Å². The summed E-state index contributed by atoms with van der Waals surface area (Å²) in [6.07, 6.45) is 1.76. The molecule has 1 N–H and O–H groups in total. The van der Waals surface area contributed by atoms with Crippen LogP contribution in [0.25, 0.3) is 0 Å². The molecule has 9 nitrogen and oxygen atoms in total. The Balaban J connectivity index is 1.73. The Morgan fingerprint density at radius 3 is 2.27 bits per heavy atom. The lowest BCUT2D eigenvalue weighted by Crippen LogP contribution is -2.41. The van der Waals surface area contributed by atoms with E-state index >= 15 is 0 Å². The number of amides is 2. The van der Waals surface area contributed by atoms with E-state index in [1.807, 2.05) is 6.07 Å². The van der Waals surface area contributed by atoms with Gasteiger partial charge < -0.3 is 19.7 Å². The van der Waals surface area contributed by atoms with Gasteiger partial charge in [0, 0.05) is 43.9 Å². The molecular formula is C23H29N3O6S. The molecule has 3 rings (SSSR count). The van der Waals surface area contributed by atoms with Gasteiger partial charge in [-0.2, -0.15) is 4.31 Å². The molecule has 0 saturated heterocycles. The first-order valence-corrected chi connectivity index (χ1v) is 11.9. The lowest BCUT2D eigenvalue weighted by molar-refractivity contribution is -0.132. The molecule has 1 aliphatic carbocycles. The maximum Gasteiger partial charge on any atom is 0.243 e. The lowest BCUT2D eigenvalue weighted by atomic mass is 10.1. The monoisotopic (exact) mass is 475 g/mol. The van der Waals surface area contributed by atoms with Crippen LogP contribution >= 0.6 is 0 Å². The van der Waals surface area contributed by atoms with Crippen molar-refractivity contribution in [3.63, 3.8) is 0 Å². The third-order valence-electron chi connectivity index (χ3n) is 5.38. The van der Waals surface area contributed by atoms with E-state index in [0.717, 1.165) is 22.7 Å². The number of anilines is 1. The summed E-state index contributed by atoms with van der Waals surface area (Å²) in [7, 11) is 0.624. The Morgan fingerprint density at radius 1 is 1.06 bits per heavy atom. The minimum atomic E-state index is -3.88. The van der Waals surface area contributed by atoms with Crippen molar-refractivity contribution in [2.75, 3.05) is 33.1 Å². The van der Waals surface area contributed by atoms with E-state index in [0.29, 0.717) is 23.7 Å². The SMILES string of the molecule is COc1ccc(CN(C(=O)CN(C)S(=O)(=O)c2ccc(NC(C)=O)cc2)C2CC2)c(OC)c1. The number of nitrogens with one attached hydrogen (secondary N) is 1. The number of methoxy groups -OCH3 is 2. The molecule has 0 spiro atoms. The quantitative estimate of drug-likeness (QED) is 0.566. The molecule has 0 unspecified atom stereocenters. The average molecular weight is 476 g/mol. The van der Waals surface area contributed by atoms with Crippen LogP contribution in [0.15, 0.2) is 47.4 Å². The van der Waals surface area contributed by atoms with E-state index in [4.69, 9.17) is 9.47 Å². The van der Waals surface area contributed by atoms with Crippen LogP contribution in [0.3, 0.4) is 0 Å². The van der Waals surface area contributed by atoms with Crippen LogP contribution in [-0.2, 0) is 26.2 Å². The zero-order valence-electron chi connectivity index (χ0n) is 19.2. The number of benzene rings is 2. The predicted octanol–water partition coefficient (Wildman–Crippen LogP) is 2.47. The van der Waals surface area contributed by atoms with Gasteiger partial charge in [-0.25, -0.2) is 8.42 Å². The van der Waals surface area contributed by atoms with Gasteiger partial charge in [-0.1, -0.05) is 0 Å². The molecule has 33 heavy (non-hydrogen) atoms. The number of hydrogen-bond acceptors (Lipinski definition) is 6. The average Bonchev–Trinajstić information content (AvgIpc) is 3.62. The van der Waals surface area contributed by atoms with Crippen LogP contribution in [0.4, 0.5) is 5.69 Å². The maximum atomic E-state index is 13.1. The first kappa shape index (κ1) is 24.5. The molecule has 1 fully saturated rings. The van der Waals surface area contributed by atoms with Crippen molar-refractivity contribution in [1.29, 1.82) is 0 Å². The molecular weight excluding hydrogens is 446 g/mol. The Labute approximate surface area is 194 Å². The Kier molecular flexibility index (Phi) is 7.60. The van der Waals surface area contributed by atoms with Gasteiger partial charge in [0.1, 0.15) is 11.5 Å². The highest BCUT2D eigenvalue weighted by molar-refractivity contribution is 7.89. The van der Waals surface area contributed by atoms with Crippen LogP contribution in [0, 0.1) is 0 Å². The van der Waals surface area contributed by atoms with Crippen molar-refractivity contribution in [3.8, 4) is 11.5 Å². The van der Waals surface area contributed by atoms with Gasteiger partial charge in [-0.05, 0) is 49.2 Å². The number of rotatable bonds is 10. The summed E-state index contributed by atoms with van der Waals surface area (Å²) in [5, 5.41) is 2.59. The van der Waals surface area contributed by atoms with E-state index in [9.17, 15) is 18.0 Å². The van der Waals surface area contributed by atoms with Crippen molar-refractivity contribution in [2.45, 2.75) is 37.2 Å². The summed E-state index contributed by atoms with van der Waals surface area (Å²) in [5.41, 5.74) is 1.31. The van der Waals surface area contributed by atoms with Crippen LogP contribution < -0.4 is 14.8 Å². The molecule has 0 bridgehead atoms. The van der Waals surface area contributed by atoms with Gasteiger partial charge in [0.15, 0.2) is 0 Å². The fourth-order valence-electron chi connectivity index (χ4n) is 3.43. The standard InChI is InChI=1S/C23H29N3O6S/c1-16(27)24-18-6-11-21(12-7-18)33(29,30)25(2)15-23(28)26(19-8-9-19)14-17-5-10-20(31-3)13-22(17)32-4/h5-7,10-13,19H,8-9,14-15H2,1-4H3,(H,24,27). The maximum absolute atomic E-state index is 13.1. The normalized spacial score (nSPS) is 13.5. The summed E-state index contributed by atoms with van der Waals surface area (Å²) >= 11 is 0. The fraction of sp³-hybridized carbons (Fsp3) is 0.391. The molecule has 0 atom stereocenters. The van der Waals surface area contributed by atoms with E-state index < -0.39 is 10.0 Å². The zero-order valence-corrected chi connectivity index (χ0v) is 20.0. The lowest BCUT2D eigenvalue weighted by Gasteiger charge is -2.26. The largest absolute Gasteiger partial charge is 0.497 e. The topological polar surface area (TPSA) is 105 Å². The minimum Gasteiger partial charge on any atom is -0.497 e. The number of sulfonamides is 1. The molecule has 2 aromatic carbocycles. The van der Waals surface area contributed by atoms with Crippen LogP contribution in [0.2, 0.25) is 0 Å². The van der Waals surface area contributed by atoms with Crippen molar-refractivity contribution in [1.82, 2.24) is 9.21 Å². The van der Waals surface area contributed by atoms with Gasteiger partial charge in [0.2, 0.25) is 21.8 Å². The number of hydrogen-bond donors (Lipinski definition) is 1. The second kappa shape index (κ2) is 10.2. The van der Waals surface area contributed by atoms with Crippen LogP contribution in [-0.4, -0.2) is 63.3 Å². The molecule has 0 aromatic heterocycles. The summed E-state index contributed by atoms with van der Waals surface area (Å²) < 4.78 is 37.7. The van der Waals surface area contributed by atoms with Crippen molar-refractivity contribution in [3.05, 3.63) is 48.0 Å². The van der Waals surface area contributed by atoms with Gasteiger partial charge in [0.05, 0.1) is 25.7 Å². The summed E-state index contributed by atoms with van der Waals surface area (Å²) in [5.74, 6) is 0.724. The molecule has 1 aliphatic rings. The van der Waals surface area contributed by atoms with E-state index in [-0.39, 0.29) is 29.3 Å². The molecule has 0 heterocycles. The predicted molar refractivity (Wildman–Crippen MR) is 124 cm³/mol. The number of carbonyl (C=O) groups is 2. The van der Waals surface area contributed by atoms with Crippen LogP contribution in [0.5, 0.6) is 11.5 Å². The zero-order chi connectivity index (χ0) is 24.2. The molecule has 0 radical (unpaired) electrons. The number of likely N-dealkylation sites (N-methyl/N-ethyl adjacent to an activating group) is 1. The van der Waals surface area contributed by atoms with Crippen molar-refractivity contribution < 1.29 is 27.5 Å².